The fourth-order valence-corrected chi connectivity index (χ4v) is 1.80. The van der Waals surface area contributed by atoms with Crippen molar-refractivity contribution in [2.75, 3.05) is 21.3 Å². The minimum Gasteiger partial charge on any atom is -0.465 e. The first-order chi connectivity index (χ1) is 8.47. The third-order valence-corrected chi connectivity index (χ3v) is 2.77. The molecule has 1 N–H and O–H groups in total. The van der Waals surface area contributed by atoms with Crippen LogP contribution in [0.3, 0.4) is 0 Å². The van der Waals surface area contributed by atoms with Gasteiger partial charge in [-0.2, -0.15) is 0 Å². The van der Waals surface area contributed by atoms with Crippen LogP contribution < -0.4 is 0 Å². The fraction of sp³-hybridized carbons (Fsp3) is 0.500. The van der Waals surface area contributed by atoms with E-state index in [-0.39, 0.29) is 5.69 Å². The Labute approximate surface area is 105 Å². The summed E-state index contributed by atoms with van der Waals surface area (Å²) < 4.78 is 14.6. The van der Waals surface area contributed by atoms with Gasteiger partial charge in [0.05, 0.1) is 25.9 Å². The molecular formula is C12H17NO5. The molecule has 0 aliphatic carbocycles. The topological polar surface area (TPSA) is 77.6 Å². The summed E-state index contributed by atoms with van der Waals surface area (Å²) in [5.41, 5.74) is 1.52. The number of carbonyl (C=O) groups is 2. The molecule has 18 heavy (non-hydrogen) atoms. The second-order valence-corrected chi connectivity index (χ2v) is 3.77. The van der Waals surface area contributed by atoms with E-state index < -0.39 is 18.0 Å². The van der Waals surface area contributed by atoms with Crippen molar-refractivity contribution in [3.63, 3.8) is 0 Å². The summed E-state index contributed by atoms with van der Waals surface area (Å²) in [6.07, 6.45) is -0.432. The van der Waals surface area contributed by atoms with Crippen LogP contribution in [0, 0.1) is 6.92 Å². The largest absolute Gasteiger partial charge is 0.465 e. The molecule has 100 valence electrons. The van der Waals surface area contributed by atoms with Crippen LogP contribution in [0.5, 0.6) is 0 Å². The van der Waals surface area contributed by atoms with Crippen molar-refractivity contribution >= 4 is 11.9 Å². The maximum absolute atomic E-state index is 11.7. The summed E-state index contributed by atoms with van der Waals surface area (Å²) >= 11 is 0. The highest BCUT2D eigenvalue weighted by Crippen LogP contribution is 2.28. The molecule has 0 radical (unpaired) electrons. The van der Waals surface area contributed by atoms with Crippen molar-refractivity contribution in [2.45, 2.75) is 20.0 Å². The average Bonchev–Trinajstić information content (AvgIpc) is 2.73. The van der Waals surface area contributed by atoms with E-state index in [2.05, 4.69) is 9.72 Å². The summed E-state index contributed by atoms with van der Waals surface area (Å²) in [5, 5.41) is 0. The van der Waals surface area contributed by atoms with Crippen LogP contribution in [0.2, 0.25) is 0 Å². The molecule has 0 bridgehead atoms. The summed E-state index contributed by atoms with van der Waals surface area (Å²) in [6.45, 7) is 3.42. The van der Waals surface area contributed by atoms with Gasteiger partial charge in [0.2, 0.25) is 0 Å². The third-order valence-electron chi connectivity index (χ3n) is 2.77. The standard InChI is InChI=1S/C12H17NO5/c1-6-8(11(14)17-4)9(7(2)16-3)10(13-6)12(15)18-5/h7,13H,1-5H3. The number of nitrogens with one attached hydrogen (secondary N) is 1. The lowest BCUT2D eigenvalue weighted by atomic mass is 10.0. The van der Waals surface area contributed by atoms with E-state index in [1.54, 1.807) is 13.8 Å². The third kappa shape index (κ3) is 2.38. The fourth-order valence-electron chi connectivity index (χ4n) is 1.80. The zero-order valence-electron chi connectivity index (χ0n) is 11.1. The molecule has 0 saturated heterocycles. The van der Waals surface area contributed by atoms with E-state index in [1.807, 2.05) is 0 Å². The Morgan fingerprint density at radius 2 is 1.67 bits per heavy atom. The SMILES string of the molecule is COC(=O)c1[nH]c(C)c(C(=O)OC)c1C(C)OC. The molecule has 1 aromatic heterocycles. The molecule has 0 aliphatic rings. The number of rotatable bonds is 4. The summed E-state index contributed by atoms with van der Waals surface area (Å²) in [5.74, 6) is -1.06. The molecular weight excluding hydrogens is 238 g/mol. The smallest absolute Gasteiger partial charge is 0.354 e. The number of H-pyrrole nitrogens is 1. The highest BCUT2D eigenvalue weighted by atomic mass is 16.5. The average molecular weight is 255 g/mol. The van der Waals surface area contributed by atoms with E-state index in [1.165, 1.54) is 21.3 Å². The van der Waals surface area contributed by atoms with Crippen LogP contribution in [0.25, 0.3) is 0 Å². The minimum atomic E-state index is -0.549. The lowest BCUT2D eigenvalue weighted by molar-refractivity contribution is 0.0577. The molecule has 1 unspecified atom stereocenters. The molecule has 1 atom stereocenters. The number of aryl methyl sites for hydroxylation is 1. The first kappa shape index (κ1) is 14.2. The van der Waals surface area contributed by atoms with E-state index in [0.717, 1.165) is 0 Å². The van der Waals surface area contributed by atoms with Gasteiger partial charge in [-0.1, -0.05) is 0 Å². The summed E-state index contributed by atoms with van der Waals surface area (Å²) in [7, 11) is 4.06. The van der Waals surface area contributed by atoms with Crippen molar-refractivity contribution in [3.05, 3.63) is 22.5 Å². The van der Waals surface area contributed by atoms with Gasteiger partial charge in [-0.15, -0.1) is 0 Å². The zero-order valence-corrected chi connectivity index (χ0v) is 11.1. The van der Waals surface area contributed by atoms with Crippen LogP contribution in [0.15, 0.2) is 0 Å². The summed E-state index contributed by atoms with van der Waals surface area (Å²) in [6, 6.07) is 0. The molecule has 0 saturated carbocycles. The lowest BCUT2D eigenvalue weighted by Gasteiger charge is -2.12. The quantitative estimate of drug-likeness (QED) is 0.827. The molecule has 6 nitrogen and oxygen atoms in total. The Bertz CT molecular complexity index is 463. The molecule has 0 spiro atoms. The molecule has 0 fully saturated rings. The first-order valence-electron chi connectivity index (χ1n) is 5.39. The van der Waals surface area contributed by atoms with Gasteiger partial charge >= 0.3 is 11.9 Å². The van der Waals surface area contributed by atoms with Gasteiger partial charge in [0.25, 0.3) is 0 Å². The van der Waals surface area contributed by atoms with Crippen molar-refractivity contribution in [1.29, 1.82) is 0 Å². The Morgan fingerprint density at radius 1 is 1.11 bits per heavy atom. The Kier molecular flexibility index (Phi) is 4.49. The molecule has 6 heteroatoms. The predicted octanol–water partition coefficient (Wildman–Crippen LogP) is 1.60. The van der Waals surface area contributed by atoms with E-state index >= 15 is 0 Å². The Hall–Kier alpha value is -1.82. The molecule has 1 aromatic rings. The van der Waals surface area contributed by atoms with Gasteiger partial charge in [0.15, 0.2) is 0 Å². The molecule has 0 aliphatic heterocycles. The Balaban J connectivity index is 3.46. The number of carbonyl (C=O) groups excluding carboxylic acids is 2. The lowest BCUT2D eigenvalue weighted by Crippen LogP contribution is -2.12. The molecule has 1 heterocycles. The first-order valence-corrected chi connectivity index (χ1v) is 5.39. The maximum Gasteiger partial charge on any atom is 0.354 e. The van der Waals surface area contributed by atoms with E-state index in [4.69, 9.17) is 9.47 Å². The van der Waals surface area contributed by atoms with Crippen molar-refractivity contribution in [3.8, 4) is 0 Å². The van der Waals surface area contributed by atoms with Crippen LogP contribution >= 0.6 is 0 Å². The van der Waals surface area contributed by atoms with Crippen molar-refractivity contribution < 1.29 is 23.8 Å². The van der Waals surface area contributed by atoms with Crippen molar-refractivity contribution in [1.82, 2.24) is 4.98 Å². The van der Waals surface area contributed by atoms with Crippen molar-refractivity contribution in [2.24, 2.45) is 0 Å². The highest BCUT2D eigenvalue weighted by Gasteiger charge is 2.29. The van der Waals surface area contributed by atoms with Gasteiger partial charge in [-0.25, -0.2) is 9.59 Å². The molecule has 1 rings (SSSR count). The number of hydrogen-bond acceptors (Lipinski definition) is 5. The number of ether oxygens (including phenoxy) is 3. The van der Waals surface area contributed by atoms with Crippen LogP contribution in [-0.2, 0) is 14.2 Å². The number of esters is 2. The van der Waals surface area contributed by atoms with Crippen LogP contribution in [0.1, 0.15) is 45.1 Å². The van der Waals surface area contributed by atoms with Gasteiger partial charge in [-0.05, 0) is 13.8 Å². The van der Waals surface area contributed by atoms with Crippen LogP contribution in [0.4, 0.5) is 0 Å². The normalized spacial score (nSPS) is 12.1. The van der Waals surface area contributed by atoms with Crippen LogP contribution in [-0.4, -0.2) is 38.3 Å². The predicted molar refractivity (Wildman–Crippen MR) is 63.6 cm³/mol. The minimum absolute atomic E-state index is 0.213. The zero-order chi connectivity index (χ0) is 13.9. The Morgan fingerprint density at radius 3 is 2.11 bits per heavy atom. The molecule has 0 amide bonds. The van der Waals surface area contributed by atoms with E-state index in [9.17, 15) is 9.59 Å². The van der Waals surface area contributed by atoms with Gasteiger partial charge in [-0.3, -0.25) is 0 Å². The summed E-state index contributed by atoms with van der Waals surface area (Å²) in [4.78, 5) is 26.3. The van der Waals surface area contributed by atoms with E-state index in [0.29, 0.717) is 16.8 Å². The van der Waals surface area contributed by atoms with Gasteiger partial charge in [0.1, 0.15) is 5.69 Å². The number of aromatic nitrogens is 1. The van der Waals surface area contributed by atoms with Gasteiger partial charge < -0.3 is 19.2 Å². The number of aromatic amines is 1. The monoisotopic (exact) mass is 255 g/mol. The van der Waals surface area contributed by atoms with Gasteiger partial charge in [0, 0.05) is 18.4 Å². The second-order valence-electron chi connectivity index (χ2n) is 3.77. The number of hydrogen-bond donors (Lipinski definition) is 1. The highest BCUT2D eigenvalue weighted by molar-refractivity contribution is 5.98. The molecule has 0 aromatic carbocycles. The number of methoxy groups -OCH3 is 3. The maximum atomic E-state index is 11.7. The second kappa shape index (κ2) is 5.68.